The van der Waals surface area contributed by atoms with Crippen LogP contribution in [0.15, 0.2) is 102 Å². The first-order valence-electron chi connectivity index (χ1n) is 19.6. The Hall–Kier alpha value is -4.61. The Labute approximate surface area is 338 Å². The lowest BCUT2D eigenvalue weighted by Gasteiger charge is -2.36. The Balaban J connectivity index is 0.966. The van der Waals surface area contributed by atoms with Crippen LogP contribution in [0.1, 0.15) is 73.9 Å². The zero-order chi connectivity index (χ0) is 38.5. The van der Waals surface area contributed by atoms with Crippen LogP contribution in [-0.2, 0) is 4.74 Å². The highest BCUT2D eigenvalue weighted by Gasteiger charge is 2.29. The van der Waals surface area contributed by atoms with Crippen LogP contribution in [0.2, 0.25) is 5.02 Å². The molecule has 3 N–H and O–H groups in total. The molecule has 2 aromatic carbocycles. The van der Waals surface area contributed by atoms with E-state index >= 15 is 0 Å². The fraction of sp³-hybridized carbons (Fsp3) is 0.356. The number of carbonyl (C=O) groups excluding carboxylic acids is 1. The van der Waals surface area contributed by atoms with Gasteiger partial charge in [-0.1, -0.05) is 55.3 Å². The van der Waals surface area contributed by atoms with Gasteiger partial charge in [-0.3, -0.25) is 14.4 Å². The van der Waals surface area contributed by atoms with Gasteiger partial charge in [0.05, 0.1) is 11.8 Å². The van der Waals surface area contributed by atoms with Crippen molar-refractivity contribution < 1.29 is 14.3 Å². The molecule has 0 bridgehead atoms. The molecule has 0 radical (unpaired) electrons. The average Bonchev–Trinajstić information content (AvgIpc) is 3.69. The van der Waals surface area contributed by atoms with Gasteiger partial charge in [-0.25, -0.2) is 9.97 Å². The van der Waals surface area contributed by atoms with Gasteiger partial charge < -0.3 is 19.8 Å². The molecule has 1 saturated heterocycles. The lowest BCUT2D eigenvalue weighted by atomic mass is 9.72. The van der Waals surface area contributed by atoms with Gasteiger partial charge in [0, 0.05) is 67.1 Å². The summed E-state index contributed by atoms with van der Waals surface area (Å²) in [6.45, 7) is 10.0. The number of rotatable bonds is 12. The SMILES string of the molecule is CC1(C)CCC(CN2CC=C(c3ccc(C(=O)NSc4ccc(NCC5CCOCC5)nc4)c(Oc4cnc5[nH]ccc5c4)c3)CC2)=C(c2ccc(Cl)cc2)C1. The molecule has 1 aliphatic carbocycles. The number of ether oxygens (including phenoxy) is 2. The monoisotopic (exact) mass is 788 g/mol. The highest BCUT2D eigenvalue weighted by Crippen LogP contribution is 2.43. The van der Waals surface area contributed by atoms with Crippen LogP contribution in [0.3, 0.4) is 0 Å². The van der Waals surface area contributed by atoms with Crippen LogP contribution in [0.5, 0.6) is 11.5 Å². The van der Waals surface area contributed by atoms with Gasteiger partial charge >= 0.3 is 0 Å². The molecular weight excluding hydrogens is 740 g/mol. The molecule has 0 saturated carbocycles. The van der Waals surface area contributed by atoms with Crippen molar-refractivity contribution in [3.8, 4) is 11.5 Å². The number of benzene rings is 2. The third-order valence-corrected chi connectivity index (χ3v) is 12.2. The standard InChI is InChI=1S/C45H49ClN6O3S/c1-45(2)17-11-35(40(25-45)32-3-6-36(46)7-4-32)29-52-19-13-31(14-20-52)33-5-9-39(41(24-33)55-37-23-34-12-18-47-43(34)50-27-37)44(53)51-56-38-8-10-42(49-28-38)48-26-30-15-21-54-22-16-30/h3-10,12-13,18,23-24,27-28,30H,11,14-17,19-22,25-26,29H2,1-2H3,(H,47,50)(H,48,49)(H,51,53). The molecule has 5 heterocycles. The maximum absolute atomic E-state index is 13.7. The Morgan fingerprint density at radius 1 is 1.02 bits per heavy atom. The number of anilines is 1. The minimum Gasteiger partial charge on any atom is -0.455 e. The van der Waals surface area contributed by atoms with Crippen LogP contribution in [0.25, 0.3) is 22.2 Å². The zero-order valence-corrected chi connectivity index (χ0v) is 33.6. The topological polar surface area (TPSA) is 104 Å². The Morgan fingerprint density at radius 2 is 1.86 bits per heavy atom. The summed E-state index contributed by atoms with van der Waals surface area (Å²) in [7, 11) is 0. The van der Waals surface area contributed by atoms with E-state index in [2.05, 4.69) is 61.9 Å². The fourth-order valence-electron chi connectivity index (χ4n) is 7.85. The molecule has 1 fully saturated rings. The number of pyridine rings is 2. The van der Waals surface area contributed by atoms with Crippen molar-refractivity contribution in [2.45, 2.75) is 57.3 Å². The van der Waals surface area contributed by atoms with E-state index in [9.17, 15) is 4.79 Å². The first-order chi connectivity index (χ1) is 27.2. The van der Waals surface area contributed by atoms with Crippen LogP contribution in [-0.4, -0.2) is 65.2 Å². The molecule has 56 heavy (non-hydrogen) atoms. The van der Waals surface area contributed by atoms with Gasteiger partial charge in [-0.15, -0.1) is 0 Å². The van der Waals surface area contributed by atoms with E-state index in [-0.39, 0.29) is 11.3 Å². The average molecular weight is 789 g/mol. The number of amides is 1. The number of aromatic amines is 1. The van der Waals surface area contributed by atoms with Gasteiger partial charge in [0.1, 0.15) is 23.0 Å². The van der Waals surface area contributed by atoms with Crippen LogP contribution in [0.4, 0.5) is 5.82 Å². The molecule has 5 aromatic rings. The maximum Gasteiger partial charge on any atom is 0.265 e. The molecule has 8 rings (SSSR count). The van der Waals surface area contributed by atoms with E-state index < -0.39 is 0 Å². The number of fused-ring (bicyclic) bond motifs is 1. The summed E-state index contributed by atoms with van der Waals surface area (Å²) in [4.78, 5) is 29.3. The molecule has 0 unspecified atom stereocenters. The normalized spacial score (nSPS) is 17.8. The van der Waals surface area contributed by atoms with Gasteiger partial charge in [0.25, 0.3) is 5.91 Å². The third-order valence-electron chi connectivity index (χ3n) is 11.2. The summed E-state index contributed by atoms with van der Waals surface area (Å²) < 4.78 is 14.9. The molecule has 3 aromatic heterocycles. The summed E-state index contributed by atoms with van der Waals surface area (Å²) in [5.74, 6) is 2.21. The second-order valence-corrected chi connectivity index (χ2v) is 17.2. The Kier molecular flexibility index (Phi) is 11.8. The molecule has 0 spiro atoms. The number of hydrogen-bond acceptors (Lipinski definition) is 8. The van der Waals surface area contributed by atoms with E-state index in [1.807, 2.05) is 60.8 Å². The van der Waals surface area contributed by atoms with E-state index in [0.29, 0.717) is 23.0 Å². The number of nitrogens with one attached hydrogen (secondary N) is 3. The van der Waals surface area contributed by atoms with Gasteiger partial charge in [-0.05, 0) is 133 Å². The van der Waals surface area contributed by atoms with Crippen molar-refractivity contribution in [3.63, 3.8) is 0 Å². The number of halogens is 1. The molecule has 290 valence electrons. The number of carbonyl (C=O) groups is 1. The molecule has 2 aliphatic heterocycles. The fourth-order valence-corrected chi connectivity index (χ4v) is 8.54. The Bertz CT molecular complexity index is 2230. The van der Waals surface area contributed by atoms with Crippen molar-refractivity contribution in [3.05, 3.63) is 119 Å². The van der Waals surface area contributed by atoms with Crippen molar-refractivity contribution >= 4 is 57.5 Å². The second kappa shape index (κ2) is 17.3. The molecule has 9 nitrogen and oxygen atoms in total. The lowest BCUT2D eigenvalue weighted by molar-refractivity contribution is 0.0699. The summed E-state index contributed by atoms with van der Waals surface area (Å²) in [6.07, 6.45) is 14.1. The number of aromatic nitrogens is 3. The molecule has 1 amide bonds. The van der Waals surface area contributed by atoms with Gasteiger partial charge in [0.2, 0.25) is 0 Å². The number of allylic oxidation sites excluding steroid dienone is 1. The van der Waals surface area contributed by atoms with Crippen molar-refractivity contribution in [2.75, 3.05) is 44.7 Å². The molecule has 3 aliphatic rings. The van der Waals surface area contributed by atoms with Crippen LogP contribution >= 0.6 is 23.5 Å². The predicted molar refractivity (Wildman–Crippen MR) is 227 cm³/mol. The molecular formula is C45H49ClN6O3S. The van der Waals surface area contributed by atoms with Crippen molar-refractivity contribution in [1.82, 2.24) is 24.6 Å². The summed E-state index contributed by atoms with van der Waals surface area (Å²) in [5, 5.41) is 5.14. The lowest BCUT2D eigenvalue weighted by Crippen LogP contribution is -2.32. The Morgan fingerprint density at radius 3 is 2.64 bits per heavy atom. The summed E-state index contributed by atoms with van der Waals surface area (Å²) >= 11 is 7.49. The first kappa shape index (κ1) is 38.3. The van der Waals surface area contributed by atoms with Crippen molar-refractivity contribution in [2.24, 2.45) is 11.3 Å². The minimum absolute atomic E-state index is 0.252. The van der Waals surface area contributed by atoms with Crippen LogP contribution < -0.4 is 14.8 Å². The minimum atomic E-state index is -0.252. The number of nitrogens with zero attached hydrogens (tertiary/aromatic N) is 3. The molecule has 11 heteroatoms. The zero-order valence-electron chi connectivity index (χ0n) is 32.1. The second-order valence-electron chi connectivity index (χ2n) is 15.9. The highest BCUT2D eigenvalue weighted by molar-refractivity contribution is 7.98. The van der Waals surface area contributed by atoms with Crippen molar-refractivity contribution in [1.29, 1.82) is 0 Å². The largest absolute Gasteiger partial charge is 0.455 e. The van der Waals surface area contributed by atoms with Crippen LogP contribution in [0, 0.1) is 11.3 Å². The quantitative estimate of drug-likeness (QED) is 0.107. The number of hydrogen-bond donors (Lipinski definition) is 3. The third kappa shape index (κ3) is 9.49. The summed E-state index contributed by atoms with van der Waals surface area (Å²) in [6, 6.07) is 22.0. The summed E-state index contributed by atoms with van der Waals surface area (Å²) in [5.41, 5.74) is 8.10. The first-order valence-corrected chi connectivity index (χ1v) is 20.8. The van der Waals surface area contributed by atoms with E-state index in [4.69, 9.17) is 21.1 Å². The van der Waals surface area contributed by atoms with Gasteiger partial charge in [-0.2, -0.15) is 0 Å². The molecule has 0 atom stereocenters. The van der Waals surface area contributed by atoms with E-state index in [1.54, 1.807) is 12.4 Å². The van der Waals surface area contributed by atoms with E-state index in [1.165, 1.54) is 40.7 Å². The highest BCUT2D eigenvalue weighted by atomic mass is 35.5. The maximum atomic E-state index is 13.7. The van der Waals surface area contributed by atoms with E-state index in [0.717, 1.165) is 104 Å². The number of H-pyrrole nitrogens is 1. The smallest absolute Gasteiger partial charge is 0.265 e. The predicted octanol–water partition coefficient (Wildman–Crippen LogP) is 10.4. The van der Waals surface area contributed by atoms with Gasteiger partial charge in [0.15, 0.2) is 0 Å².